The van der Waals surface area contributed by atoms with E-state index in [0.29, 0.717) is 0 Å². The van der Waals surface area contributed by atoms with Crippen molar-refractivity contribution in [2.24, 2.45) is 17.8 Å². The third-order valence-corrected chi connectivity index (χ3v) is 7.15. The predicted molar refractivity (Wildman–Crippen MR) is 108 cm³/mol. The maximum absolute atomic E-state index is 2.31. The van der Waals surface area contributed by atoms with E-state index in [1.165, 1.54) is 89.9 Å². The molecule has 0 nitrogen and oxygen atoms in total. The Hall–Kier alpha value is 0. The molecule has 2 rings (SSSR count). The smallest absolute Gasteiger partial charge is 0.0357 e. The molecule has 0 amide bonds. The van der Waals surface area contributed by atoms with Gasteiger partial charge in [0.1, 0.15) is 0 Å². The highest BCUT2D eigenvalue weighted by Crippen LogP contribution is 2.45. The van der Waals surface area contributed by atoms with Gasteiger partial charge in [-0.2, -0.15) is 0 Å². The van der Waals surface area contributed by atoms with Gasteiger partial charge in [0.15, 0.2) is 0 Å². The van der Waals surface area contributed by atoms with Gasteiger partial charge in [0.25, 0.3) is 0 Å². The van der Waals surface area contributed by atoms with E-state index in [9.17, 15) is 0 Å². The molecule has 2 fully saturated rings. The maximum Gasteiger partial charge on any atom is -0.0357 e. The van der Waals surface area contributed by atoms with Gasteiger partial charge >= 0.3 is 0 Å². The zero-order valence-corrected chi connectivity index (χ0v) is 16.9. The molecule has 2 aliphatic rings. The summed E-state index contributed by atoms with van der Waals surface area (Å²) in [5.74, 6) is 3.39. The van der Waals surface area contributed by atoms with Crippen LogP contribution in [0.5, 0.6) is 0 Å². The fourth-order valence-electron chi connectivity index (χ4n) is 5.68. The van der Waals surface area contributed by atoms with Crippen LogP contribution in [-0.2, 0) is 0 Å². The zero-order chi connectivity index (χ0) is 16.9. The summed E-state index contributed by atoms with van der Waals surface area (Å²) < 4.78 is 0. The Morgan fingerprint density at radius 1 is 0.542 bits per heavy atom. The third kappa shape index (κ3) is 7.92. The Bertz CT molecular complexity index is 280. The van der Waals surface area contributed by atoms with Gasteiger partial charge in [-0.05, 0) is 24.2 Å². The second-order valence-corrected chi connectivity index (χ2v) is 9.08. The zero-order valence-electron chi connectivity index (χ0n) is 16.9. The topological polar surface area (TPSA) is 0 Å². The van der Waals surface area contributed by atoms with Crippen molar-refractivity contribution in [1.29, 1.82) is 0 Å². The first-order chi connectivity index (χ1) is 11.9. The number of hydrogen-bond donors (Lipinski definition) is 0. The van der Waals surface area contributed by atoms with Gasteiger partial charge in [-0.1, -0.05) is 129 Å². The summed E-state index contributed by atoms with van der Waals surface area (Å²) in [6, 6.07) is 0. The normalized spacial score (nSPS) is 27.1. The largest absolute Gasteiger partial charge is 0.0654 e. The lowest BCUT2D eigenvalue weighted by Gasteiger charge is -2.41. The molecule has 24 heavy (non-hydrogen) atoms. The summed E-state index contributed by atoms with van der Waals surface area (Å²) in [6.07, 6.45) is 30.3. The Kier molecular flexibility index (Phi) is 11.2. The molecular weight excluding hydrogens is 288 g/mol. The predicted octanol–water partition coefficient (Wildman–Crippen LogP) is 8.68. The Morgan fingerprint density at radius 3 is 1.75 bits per heavy atom. The van der Waals surface area contributed by atoms with Crippen LogP contribution in [0.2, 0.25) is 0 Å². The Labute approximate surface area is 153 Å². The average Bonchev–Trinajstić information content (AvgIpc) is 2.63. The van der Waals surface area contributed by atoms with Crippen LogP contribution in [0.15, 0.2) is 0 Å². The van der Waals surface area contributed by atoms with Crippen LogP contribution >= 0.6 is 0 Å². The molecule has 0 aromatic heterocycles. The molecule has 3 atom stereocenters. The quantitative estimate of drug-likeness (QED) is 0.295. The van der Waals surface area contributed by atoms with Gasteiger partial charge in [-0.15, -0.1) is 0 Å². The van der Waals surface area contributed by atoms with Crippen LogP contribution in [0, 0.1) is 17.8 Å². The minimum absolute atomic E-state index is 1.12. The number of fused-ring (bicyclic) bond motifs is 1. The summed E-state index contributed by atoms with van der Waals surface area (Å²) >= 11 is 0. The number of hydrogen-bond acceptors (Lipinski definition) is 0. The summed E-state index contributed by atoms with van der Waals surface area (Å²) in [7, 11) is 0. The summed E-state index contributed by atoms with van der Waals surface area (Å²) in [4.78, 5) is 0. The molecule has 3 unspecified atom stereocenters. The summed E-state index contributed by atoms with van der Waals surface area (Å²) in [6.45, 7) is 2.31. The summed E-state index contributed by atoms with van der Waals surface area (Å²) in [5.41, 5.74) is 0. The fraction of sp³-hybridized carbons (Fsp3) is 1.00. The number of rotatable bonds is 13. The van der Waals surface area contributed by atoms with Crippen LogP contribution in [0.1, 0.15) is 135 Å². The van der Waals surface area contributed by atoms with Gasteiger partial charge in [0.2, 0.25) is 0 Å². The van der Waals surface area contributed by atoms with Crippen molar-refractivity contribution in [2.45, 2.75) is 135 Å². The van der Waals surface area contributed by atoms with Crippen molar-refractivity contribution in [2.75, 3.05) is 0 Å². The highest BCUT2D eigenvalue weighted by molar-refractivity contribution is 4.85. The minimum atomic E-state index is 1.12. The van der Waals surface area contributed by atoms with E-state index >= 15 is 0 Å². The average molecular weight is 335 g/mol. The maximum atomic E-state index is 2.31. The molecule has 0 saturated heterocycles. The van der Waals surface area contributed by atoms with Crippen LogP contribution in [0.4, 0.5) is 0 Å². The second kappa shape index (κ2) is 13.2. The molecule has 0 N–H and O–H groups in total. The molecule has 0 heteroatoms. The van der Waals surface area contributed by atoms with Crippen molar-refractivity contribution < 1.29 is 0 Å². The lowest BCUT2D eigenvalue weighted by atomic mass is 9.64. The van der Waals surface area contributed by atoms with Gasteiger partial charge in [0, 0.05) is 0 Å². The van der Waals surface area contributed by atoms with Crippen molar-refractivity contribution >= 4 is 0 Å². The second-order valence-electron chi connectivity index (χ2n) is 9.08. The van der Waals surface area contributed by atoms with E-state index in [1.54, 1.807) is 38.5 Å². The molecule has 0 aromatic carbocycles. The van der Waals surface area contributed by atoms with Crippen molar-refractivity contribution in [3.05, 3.63) is 0 Å². The fourth-order valence-corrected chi connectivity index (χ4v) is 5.68. The molecule has 0 aliphatic heterocycles. The Morgan fingerprint density at radius 2 is 1.08 bits per heavy atom. The van der Waals surface area contributed by atoms with E-state index in [2.05, 4.69) is 6.92 Å². The first-order valence-corrected chi connectivity index (χ1v) is 11.9. The molecule has 142 valence electrons. The number of unbranched alkanes of at least 4 members (excludes halogenated alkanes) is 11. The molecule has 2 aliphatic carbocycles. The molecule has 0 aromatic rings. The van der Waals surface area contributed by atoms with Crippen molar-refractivity contribution in [3.63, 3.8) is 0 Å². The minimum Gasteiger partial charge on any atom is -0.0654 e. The monoisotopic (exact) mass is 334 g/mol. The molecule has 0 radical (unpaired) electrons. The third-order valence-electron chi connectivity index (χ3n) is 7.15. The first-order valence-electron chi connectivity index (χ1n) is 11.9. The highest BCUT2D eigenvalue weighted by Gasteiger charge is 2.34. The molecule has 2 saturated carbocycles. The van der Waals surface area contributed by atoms with E-state index in [4.69, 9.17) is 0 Å². The molecule has 0 heterocycles. The SMILES string of the molecule is CCCCCCCCCCCCCCC1CCCC2CCCCC12. The van der Waals surface area contributed by atoms with Gasteiger partial charge in [-0.25, -0.2) is 0 Å². The van der Waals surface area contributed by atoms with E-state index in [0.717, 1.165) is 17.8 Å². The molecule has 0 bridgehead atoms. The highest BCUT2D eigenvalue weighted by atomic mass is 14.4. The standard InChI is InChI=1S/C24H46/c1-2-3-4-5-6-7-8-9-10-11-12-13-17-22-19-16-20-23-18-14-15-21-24(22)23/h22-24H,2-21H2,1H3. The summed E-state index contributed by atoms with van der Waals surface area (Å²) in [5, 5.41) is 0. The van der Waals surface area contributed by atoms with E-state index < -0.39 is 0 Å². The van der Waals surface area contributed by atoms with Gasteiger partial charge < -0.3 is 0 Å². The van der Waals surface area contributed by atoms with Crippen LogP contribution in [0.25, 0.3) is 0 Å². The lowest BCUT2D eigenvalue weighted by Crippen LogP contribution is -2.30. The van der Waals surface area contributed by atoms with E-state index in [-0.39, 0.29) is 0 Å². The van der Waals surface area contributed by atoms with Gasteiger partial charge in [-0.3, -0.25) is 0 Å². The Balaban J connectivity index is 1.38. The van der Waals surface area contributed by atoms with Crippen molar-refractivity contribution in [1.82, 2.24) is 0 Å². The van der Waals surface area contributed by atoms with Crippen LogP contribution in [0.3, 0.4) is 0 Å². The van der Waals surface area contributed by atoms with E-state index in [1.807, 2.05) is 0 Å². The van der Waals surface area contributed by atoms with Crippen molar-refractivity contribution in [3.8, 4) is 0 Å². The molecular formula is C24H46. The van der Waals surface area contributed by atoms with Crippen LogP contribution in [-0.4, -0.2) is 0 Å². The van der Waals surface area contributed by atoms with Gasteiger partial charge in [0.05, 0.1) is 0 Å². The first kappa shape index (κ1) is 20.3. The van der Waals surface area contributed by atoms with Crippen LogP contribution < -0.4 is 0 Å². The molecule has 0 spiro atoms. The lowest BCUT2D eigenvalue weighted by molar-refractivity contribution is 0.0961.